The number of benzene rings is 2. The smallest absolute Gasteiger partial charge is 0.267 e. The number of hydrogen-bond acceptors (Lipinski definition) is 4. The average Bonchev–Trinajstić information content (AvgIpc) is 3.08. The highest BCUT2D eigenvalue weighted by molar-refractivity contribution is 7.13. The highest BCUT2D eigenvalue weighted by atomic mass is 32.1. The molecule has 0 saturated heterocycles. The SMILES string of the molecule is CCCCc1nc(C)c(C(=O)Nc2cccc(NC(=O)c3ccccc3)c2)s1. The summed E-state index contributed by atoms with van der Waals surface area (Å²) in [5.74, 6) is -0.368. The van der Waals surface area contributed by atoms with Crippen molar-refractivity contribution in [2.45, 2.75) is 33.1 Å². The van der Waals surface area contributed by atoms with E-state index in [0.29, 0.717) is 21.8 Å². The van der Waals surface area contributed by atoms with Gasteiger partial charge in [0.05, 0.1) is 10.7 Å². The molecule has 0 atom stereocenters. The first-order valence-electron chi connectivity index (χ1n) is 9.31. The first kappa shape index (κ1) is 19.8. The molecule has 0 aliphatic heterocycles. The zero-order chi connectivity index (χ0) is 19.9. The molecule has 0 aliphatic rings. The molecule has 0 fully saturated rings. The van der Waals surface area contributed by atoms with Crippen molar-refractivity contribution >= 4 is 34.5 Å². The number of aryl methyl sites for hydroxylation is 2. The number of aromatic nitrogens is 1. The van der Waals surface area contributed by atoms with Gasteiger partial charge in [-0.15, -0.1) is 11.3 Å². The molecule has 3 aromatic rings. The third kappa shape index (κ3) is 5.04. The monoisotopic (exact) mass is 393 g/mol. The van der Waals surface area contributed by atoms with Crippen molar-refractivity contribution < 1.29 is 9.59 Å². The molecule has 1 aromatic heterocycles. The largest absolute Gasteiger partial charge is 0.322 e. The van der Waals surface area contributed by atoms with Crippen molar-refractivity contribution in [1.82, 2.24) is 4.98 Å². The van der Waals surface area contributed by atoms with Crippen LogP contribution in [-0.2, 0) is 6.42 Å². The third-order valence-corrected chi connectivity index (χ3v) is 5.42. The lowest BCUT2D eigenvalue weighted by Crippen LogP contribution is -2.13. The fourth-order valence-electron chi connectivity index (χ4n) is 2.75. The van der Waals surface area contributed by atoms with Crippen LogP contribution in [0.4, 0.5) is 11.4 Å². The molecule has 0 radical (unpaired) electrons. The molecule has 0 bridgehead atoms. The lowest BCUT2D eigenvalue weighted by Gasteiger charge is -2.08. The minimum atomic E-state index is -0.192. The summed E-state index contributed by atoms with van der Waals surface area (Å²) in [4.78, 5) is 30.1. The van der Waals surface area contributed by atoms with Crippen LogP contribution in [0, 0.1) is 6.92 Å². The fourth-order valence-corrected chi connectivity index (χ4v) is 3.75. The van der Waals surface area contributed by atoms with Crippen LogP contribution in [0.3, 0.4) is 0 Å². The summed E-state index contributed by atoms with van der Waals surface area (Å²) in [5, 5.41) is 6.75. The molecule has 3 rings (SSSR count). The number of nitrogens with one attached hydrogen (secondary N) is 2. The van der Waals surface area contributed by atoms with Crippen molar-refractivity contribution in [3.63, 3.8) is 0 Å². The Labute approximate surface area is 168 Å². The number of rotatable bonds is 7. The van der Waals surface area contributed by atoms with Gasteiger partial charge in [0.2, 0.25) is 0 Å². The van der Waals surface area contributed by atoms with E-state index in [2.05, 4.69) is 22.5 Å². The molecule has 2 amide bonds. The summed E-state index contributed by atoms with van der Waals surface area (Å²) >= 11 is 1.45. The Hall–Kier alpha value is -2.99. The van der Waals surface area contributed by atoms with E-state index in [4.69, 9.17) is 0 Å². The fraction of sp³-hybridized carbons (Fsp3) is 0.227. The number of carbonyl (C=O) groups excluding carboxylic acids is 2. The zero-order valence-corrected chi connectivity index (χ0v) is 16.8. The van der Waals surface area contributed by atoms with Gasteiger partial charge in [-0.05, 0) is 50.1 Å². The van der Waals surface area contributed by atoms with Gasteiger partial charge in [-0.1, -0.05) is 37.6 Å². The Morgan fingerprint density at radius 1 is 0.964 bits per heavy atom. The van der Waals surface area contributed by atoms with Crippen LogP contribution in [0.2, 0.25) is 0 Å². The standard InChI is InChI=1S/C22H23N3O2S/c1-3-4-13-19-23-15(2)20(28-19)22(27)25-18-12-8-11-17(14-18)24-21(26)16-9-6-5-7-10-16/h5-12,14H,3-4,13H2,1-2H3,(H,24,26)(H,25,27). The van der Waals surface area contributed by atoms with Crippen molar-refractivity contribution in [3.05, 3.63) is 75.7 Å². The molecule has 0 unspecified atom stereocenters. The summed E-state index contributed by atoms with van der Waals surface area (Å²) < 4.78 is 0. The van der Waals surface area contributed by atoms with Gasteiger partial charge in [-0.25, -0.2) is 4.98 Å². The maximum atomic E-state index is 12.6. The lowest BCUT2D eigenvalue weighted by atomic mass is 10.2. The second kappa shape index (κ2) is 9.28. The van der Waals surface area contributed by atoms with Gasteiger partial charge in [0.15, 0.2) is 0 Å². The van der Waals surface area contributed by atoms with Crippen molar-refractivity contribution in [3.8, 4) is 0 Å². The molecular weight excluding hydrogens is 370 g/mol. The first-order chi connectivity index (χ1) is 13.6. The molecule has 144 valence electrons. The predicted molar refractivity (Wildman–Crippen MR) is 114 cm³/mol. The summed E-state index contributed by atoms with van der Waals surface area (Å²) in [7, 11) is 0. The van der Waals surface area contributed by atoms with Crippen molar-refractivity contribution in [2.75, 3.05) is 10.6 Å². The molecule has 2 N–H and O–H groups in total. The first-order valence-corrected chi connectivity index (χ1v) is 10.1. The summed E-state index contributed by atoms with van der Waals surface area (Å²) in [6.45, 7) is 4.00. The van der Waals surface area contributed by atoms with E-state index in [1.165, 1.54) is 11.3 Å². The van der Waals surface area contributed by atoms with Crippen LogP contribution in [0.15, 0.2) is 54.6 Å². The topological polar surface area (TPSA) is 71.1 Å². The van der Waals surface area contributed by atoms with E-state index in [1.807, 2.05) is 25.1 Å². The molecule has 6 heteroatoms. The van der Waals surface area contributed by atoms with Gasteiger partial charge in [0, 0.05) is 16.9 Å². The highest BCUT2D eigenvalue weighted by Gasteiger charge is 2.15. The molecule has 1 heterocycles. The molecule has 0 saturated carbocycles. The van der Waals surface area contributed by atoms with Crippen molar-refractivity contribution in [1.29, 1.82) is 0 Å². The van der Waals surface area contributed by atoms with E-state index in [-0.39, 0.29) is 11.8 Å². The number of carbonyl (C=O) groups is 2. The second-order valence-electron chi connectivity index (χ2n) is 6.48. The third-order valence-electron chi connectivity index (χ3n) is 4.21. The Morgan fingerprint density at radius 2 is 1.64 bits per heavy atom. The van der Waals surface area contributed by atoms with Gasteiger partial charge in [0.25, 0.3) is 11.8 Å². The molecule has 0 spiro atoms. The van der Waals surface area contributed by atoms with E-state index in [1.54, 1.807) is 36.4 Å². The lowest BCUT2D eigenvalue weighted by molar-refractivity contribution is 0.102. The number of amides is 2. The summed E-state index contributed by atoms with van der Waals surface area (Å²) in [6.07, 6.45) is 3.06. The maximum absolute atomic E-state index is 12.6. The Bertz CT molecular complexity index is 967. The Balaban J connectivity index is 1.68. The zero-order valence-electron chi connectivity index (χ0n) is 16.0. The Kier molecular flexibility index (Phi) is 6.55. The molecule has 2 aromatic carbocycles. The number of thiazole rings is 1. The van der Waals surface area contributed by atoms with E-state index < -0.39 is 0 Å². The number of anilines is 2. The van der Waals surface area contributed by atoms with Crippen molar-refractivity contribution in [2.24, 2.45) is 0 Å². The van der Waals surface area contributed by atoms with Crippen LogP contribution in [0.5, 0.6) is 0 Å². The average molecular weight is 394 g/mol. The Morgan fingerprint density at radius 3 is 2.32 bits per heavy atom. The molecular formula is C22H23N3O2S. The maximum Gasteiger partial charge on any atom is 0.267 e. The quantitative estimate of drug-likeness (QED) is 0.572. The molecule has 0 aliphatic carbocycles. The van der Waals surface area contributed by atoms with Gasteiger partial charge >= 0.3 is 0 Å². The van der Waals surface area contributed by atoms with Crippen LogP contribution in [-0.4, -0.2) is 16.8 Å². The molecule has 5 nitrogen and oxygen atoms in total. The predicted octanol–water partition coefficient (Wildman–Crippen LogP) is 5.30. The van der Waals surface area contributed by atoms with Gasteiger partial charge < -0.3 is 10.6 Å². The van der Waals surface area contributed by atoms with E-state index in [0.717, 1.165) is 30.0 Å². The van der Waals surface area contributed by atoms with E-state index in [9.17, 15) is 9.59 Å². The van der Waals surface area contributed by atoms with Crippen LogP contribution in [0.1, 0.15) is 50.5 Å². The number of unbranched alkanes of at least 4 members (excludes halogenated alkanes) is 1. The van der Waals surface area contributed by atoms with E-state index >= 15 is 0 Å². The summed E-state index contributed by atoms with van der Waals surface area (Å²) in [5.41, 5.74) is 2.58. The normalized spacial score (nSPS) is 10.5. The second-order valence-corrected chi connectivity index (χ2v) is 7.56. The van der Waals surface area contributed by atoms with Gasteiger partial charge in [0.1, 0.15) is 4.88 Å². The van der Waals surface area contributed by atoms with Crippen LogP contribution < -0.4 is 10.6 Å². The molecule has 28 heavy (non-hydrogen) atoms. The van der Waals surface area contributed by atoms with Crippen LogP contribution in [0.25, 0.3) is 0 Å². The van der Waals surface area contributed by atoms with Gasteiger partial charge in [-0.3, -0.25) is 9.59 Å². The van der Waals surface area contributed by atoms with Gasteiger partial charge in [-0.2, -0.15) is 0 Å². The minimum Gasteiger partial charge on any atom is -0.322 e. The van der Waals surface area contributed by atoms with Crippen LogP contribution >= 0.6 is 11.3 Å². The number of nitrogens with zero attached hydrogens (tertiary/aromatic N) is 1. The summed E-state index contributed by atoms with van der Waals surface area (Å²) in [6, 6.07) is 16.1. The number of hydrogen-bond donors (Lipinski definition) is 2. The highest BCUT2D eigenvalue weighted by Crippen LogP contribution is 2.22. The minimum absolute atomic E-state index is 0.177.